The molecule has 2 N–H and O–H groups in total. The molecule has 3 aromatic rings. The van der Waals surface area contributed by atoms with Crippen molar-refractivity contribution in [1.82, 2.24) is 4.98 Å². The van der Waals surface area contributed by atoms with Crippen molar-refractivity contribution in [1.29, 1.82) is 0 Å². The lowest BCUT2D eigenvalue weighted by Gasteiger charge is -2.13. The van der Waals surface area contributed by atoms with E-state index >= 15 is 0 Å². The summed E-state index contributed by atoms with van der Waals surface area (Å²) in [5, 5.41) is 4.50. The second-order valence-electron chi connectivity index (χ2n) is 6.45. The number of anilines is 3. The van der Waals surface area contributed by atoms with Crippen LogP contribution in [0.15, 0.2) is 54.7 Å². The first kappa shape index (κ1) is 23.6. The van der Waals surface area contributed by atoms with Gasteiger partial charge in [0.05, 0.1) is 11.3 Å². The number of halogens is 6. The van der Waals surface area contributed by atoms with Crippen LogP contribution in [0, 0.1) is 17.5 Å². The van der Waals surface area contributed by atoms with E-state index < -0.39 is 53.4 Å². The van der Waals surface area contributed by atoms with Gasteiger partial charge in [-0.15, -0.1) is 0 Å². The van der Waals surface area contributed by atoms with Crippen LogP contribution in [0.1, 0.15) is 15.9 Å². The lowest BCUT2D eigenvalue weighted by Crippen LogP contribution is -2.22. The topological polar surface area (TPSA) is 80.3 Å². The first-order valence-electron chi connectivity index (χ1n) is 9.06. The maximum absolute atomic E-state index is 13.6. The van der Waals surface area contributed by atoms with E-state index in [1.54, 1.807) is 0 Å². The molecule has 0 saturated heterocycles. The van der Waals surface area contributed by atoms with Gasteiger partial charge in [-0.1, -0.05) is 6.07 Å². The molecule has 0 fully saturated rings. The van der Waals surface area contributed by atoms with Crippen molar-refractivity contribution < 1.29 is 40.7 Å². The number of rotatable bonds is 6. The molecule has 6 nitrogen and oxygen atoms in total. The minimum absolute atomic E-state index is 0.0101. The number of nitrogens with zero attached hydrogens (tertiary/aromatic N) is 1. The smallest absolute Gasteiger partial charge is 0.416 e. The molecule has 12 heteroatoms. The number of alkyl halides is 3. The third-order valence-corrected chi connectivity index (χ3v) is 4.12. The molecule has 0 aliphatic rings. The Bertz CT molecular complexity index is 1200. The number of hydrogen-bond acceptors (Lipinski definition) is 5. The molecule has 0 spiro atoms. The Labute approximate surface area is 182 Å². The molecule has 2 aromatic carbocycles. The van der Waals surface area contributed by atoms with Crippen LogP contribution in [0.4, 0.5) is 43.5 Å². The van der Waals surface area contributed by atoms with Crippen molar-refractivity contribution in [3.05, 3.63) is 83.3 Å². The fourth-order valence-corrected chi connectivity index (χ4v) is 2.60. The van der Waals surface area contributed by atoms with Crippen LogP contribution in [0.3, 0.4) is 0 Å². The number of benzene rings is 2. The number of aromatic nitrogens is 1. The standard InChI is InChI=1S/C21H13F6N3O3/c22-14-6-7-15(18(24)17(14)23)30-16(31)10-33-20(32)13-5-2-8-28-19(13)29-12-4-1-3-11(9-12)21(25,26)27/h1-9H,10H2,(H,28,29)(H,30,31). The number of nitrogens with one attached hydrogen (secondary N) is 2. The van der Waals surface area contributed by atoms with Gasteiger partial charge in [0.1, 0.15) is 11.4 Å². The van der Waals surface area contributed by atoms with Crippen molar-refractivity contribution in [2.24, 2.45) is 0 Å². The molecule has 3 rings (SSSR count). The predicted molar refractivity (Wildman–Crippen MR) is 104 cm³/mol. The highest BCUT2D eigenvalue weighted by molar-refractivity contribution is 5.98. The van der Waals surface area contributed by atoms with Gasteiger partial charge >= 0.3 is 12.1 Å². The Morgan fingerprint density at radius 1 is 0.970 bits per heavy atom. The fourth-order valence-electron chi connectivity index (χ4n) is 2.60. The Hall–Kier alpha value is -4.09. The van der Waals surface area contributed by atoms with Crippen molar-refractivity contribution >= 4 is 29.1 Å². The Morgan fingerprint density at radius 3 is 2.45 bits per heavy atom. The normalized spacial score (nSPS) is 11.1. The van der Waals surface area contributed by atoms with Gasteiger partial charge in [0.2, 0.25) is 0 Å². The molecule has 0 aliphatic heterocycles. The summed E-state index contributed by atoms with van der Waals surface area (Å²) in [6, 6.07) is 8.15. The molecule has 0 radical (unpaired) electrons. The molecule has 0 aliphatic carbocycles. The van der Waals surface area contributed by atoms with Gasteiger partial charge in [0.25, 0.3) is 5.91 Å². The molecule has 1 aromatic heterocycles. The quantitative estimate of drug-likeness (QED) is 0.300. The Morgan fingerprint density at radius 2 is 1.73 bits per heavy atom. The van der Waals surface area contributed by atoms with E-state index in [0.717, 1.165) is 24.3 Å². The number of hydrogen-bond donors (Lipinski definition) is 2. The Kier molecular flexibility index (Phi) is 6.85. The minimum Gasteiger partial charge on any atom is -0.452 e. The summed E-state index contributed by atoms with van der Waals surface area (Å²) in [7, 11) is 0. The fraction of sp³-hybridized carbons (Fsp3) is 0.0952. The molecular weight excluding hydrogens is 456 g/mol. The largest absolute Gasteiger partial charge is 0.452 e. The number of carbonyl (C=O) groups is 2. The number of carbonyl (C=O) groups excluding carboxylic acids is 2. The van der Waals surface area contributed by atoms with Crippen LogP contribution < -0.4 is 10.6 Å². The van der Waals surface area contributed by atoms with Crippen LogP contribution >= 0.6 is 0 Å². The van der Waals surface area contributed by atoms with Crippen molar-refractivity contribution in [3.63, 3.8) is 0 Å². The van der Waals surface area contributed by atoms with E-state index in [0.29, 0.717) is 6.07 Å². The number of amides is 1. The first-order chi connectivity index (χ1) is 15.6. The van der Waals surface area contributed by atoms with Crippen LogP contribution in [0.25, 0.3) is 0 Å². The number of ether oxygens (including phenoxy) is 1. The first-order valence-corrected chi connectivity index (χ1v) is 9.06. The van der Waals surface area contributed by atoms with Gasteiger partial charge in [-0.05, 0) is 42.5 Å². The molecule has 0 atom stereocenters. The summed E-state index contributed by atoms with van der Waals surface area (Å²) in [5.74, 6) is -7.13. The molecule has 0 saturated carbocycles. The maximum atomic E-state index is 13.6. The van der Waals surface area contributed by atoms with Gasteiger partial charge in [-0.25, -0.2) is 22.9 Å². The van der Waals surface area contributed by atoms with E-state index in [-0.39, 0.29) is 17.1 Å². The minimum atomic E-state index is -4.58. The monoisotopic (exact) mass is 469 g/mol. The lowest BCUT2D eigenvalue weighted by atomic mass is 10.2. The summed E-state index contributed by atoms with van der Waals surface area (Å²) in [6.07, 6.45) is -3.31. The third-order valence-electron chi connectivity index (χ3n) is 4.12. The molecule has 33 heavy (non-hydrogen) atoms. The molecule has 1 heterocycles. The van der Waals surface area contributed by atoms with Crippen molar-refractivity contribution in [2.45, 2.75) is 6.18 Å². The summed E-state index contributed by atoms with van der Waals surface area (Å²) in [5.41, 5.74) is -1.80. The van der Waals surface area contributed by atoms with Crippen LogP contribution in [0.5, 0.6) is 0 Å². The van der Waals surface area contributed by atoms with E-state index in [4.69, 9.17) is 4.74 Å². The SMILES string of the molecule is O=C(COC(=O)c1cccnc1Nc1cccc(C(F)(F)F)c1)Nc1ccc(F)c(F)c1F. The highest BCUT2D eigenvalue weighted by Crippen LogP contribution is 2.31. The Balaban J connectivity index is 1.68. The van der Waals surface area contributed by atoms with E-state index in [2.05, 4.69) is 10.3 Å². The summed E-state index contributed by atoms with van der Waals surface area (Å²) in [6.45, 7) is -0.921. The van der Waals surface area contributed by atoms with Gasteiger partial charge in [0, 0.05) is 11.9 Å². The summed E-state index contributed by atoms with van der Waals surface area (Å²) in [4.78, 5) is 28.1. The van der Waals surface area contributed by atoms with Crippen LogP contribution in [-0.2, 0) is 15.7 Å². The van der Waals surface area contributed by atoms with E-state index in [1.807, 2.05) is 5.32 Å². The maximum Gasteiger partial charge on any atom is 0.416 e. The average molecular weight is 469 g/mol. The highest BCUT2D eigenvalue weighted by Gasteiger charge is 2.30. The summed E-state index contributed by atoms with van der Waals surface area (Å²) < 4.78 is 83.3. The van der Waals surface area contributed by atoms with Crippen molar-refractivity contribution in [3.8, 4) is 0 Å². The third kappa shape index (κ3) is 5.79. The van der Waals surface area contributed by atoms with E-state index in [9.17, 15) is 35.9 Å². The average Bonchev–Trinajstić information content (AvgIpc) is 2.78. The second kappa shape index (κ2) is 9.59. The lowest BCUT2D eigenvalue weighted by molar-refractivity contribution is -0.137. The zero-order valence-electron chi connectivity index (χ0n) is 16.3. The molecular formula is C21H13F6N3O3. The van der Waals surface area contributed by atoms with Gasteiger partial charge in [0.15, 0.2) is 24.1 Å². The predicted octanol–water partition coefficient (Wildman–Crippen LogP) is 5.06. The van der Waals surface area contributed by atoms with Crippen LogP contribution in [0.2, 0.25) is 0 Å². The highest BCUT2D eigenvalue weighted by atomic mass is 19.4. The molecule has 0 unspecified atom stereocenters. The second-order valence-corrected chi connectivity index (χ2v) is 6.45. The van der Waals surface area contributed by atoms with Gasteiger partial charge < -0.3 is 15.4 Å². The molecule has 172 valence electrons. The molecule has 0 bridgehead atoms. The van der Waals surface area contributed by atoms with Crippen molar-refractivity contribution in [2.75, 3.05) is 17.2 Å². The molecule has 1 amide bonds. The van der Waals surface area contributed by atoms with E-state index in [1.165, 1.54) is 24.4 Å². The zero-order chi connectivity index (χ0) is 24.2. The van der Waals surface area contributed by atoms with Gasteiger partial charge in [-0.2, -0.15) is 13.2 Å². The number of pyridine rings is 1. The zero-order valence-corrected chi connectivity index (χ0v) is 16.3. The number of esters is 1. The summed E-state index contributed by atoms with van der Waals surface area (Å²) >= 11 is 0. The van der Waals surface area contributed by atoms with Crippen LogP contribution in [-0.4, -0.2) is 23.5 Å². The van der Waals surface area contributed by atoms with Gasteiger partial charge in [-0.3, -0.25) is 4.79 Å².